The number of rotatable bonds is 3. The Morgan fingerprint density at radius 3 is 2.80 bits per heavy atom. The van der Waals surface area contributed by atoms with Crippen LogP contribution in [0.5, 0.6) is 5.75 Å². The van der Waals surface area contributed by atoms with Crippen molar-refractivity contribution in [2.75, 3.05) is 12.0 Å². The van der Waals surface area contributed by atoms with Crippen LogP contribution in [-0.4, -0.2) is 24.2 Å². The van der Waals surface area contributed by atoms with E-state index in [9.17, 15) is 4.79 Å². The molecule has 2 aromatic carbocycles. The molecule has 1 atom stereocenters. The van der Waals surface area contributed by atoms with Gasteiger partial charge in [0.05, 0.1) is 12.7 Å². The highest BCUT2D eigenvalue weighted by atomic mass is 16.5. The normalized spacial score (nSPS) is 15.9. The van der Waals surface area contributed by atoms with E-state index < -0.39 is 0 Å². The van der Waals surface area contributed by atoms with Gasteiger partial charge in [0.1, 0.15) is 5.75 Å². The van der Waals surface area contributed by atoms with E-state index in [0.717, 1.165) is 17.7 Å². The minimum Gasteiger partial charge on any atom is -0.496 e. The molecule has 3 aromatic rings. The summed E-state index contributed by atoms with van der Waals surface area (Å²) in [5, 5.41) is 4.00. The second-order valence-electron chi connectivity index (χ2n) is 6.13. The van der Waals surface area contributed by atoms with E-state index in [1.165, 1.54) is 5.56 Å². The van der Waals surface area contributed by atoms with Crippen molar-refractivity contribution < 1.29 is 14.1 Å². The third-order valence-corrected chi connectivity index (χ3v) is 4.53. The molecular weight excluding hydrogens is 316 g/mol. The molecule has 0 fully saturated rings. The molecule has 1 aliphatic heterocycles. The molecule has 4 rings (SSSR count). The second-order valence-corrected chi connectivity index (χ2v) is 6.13. The summed E-state index contributed by atoms with van der Waals surface area (Å²) in [5.74, 6) is 1.04. The SMILES string of the molecule is COc1ccccc1-c1cc(C(=O)N2c3ccccc3CC2C)no1. The van der Waals surface area contributed by atoms with Gasteiger partial charge < -0.3 is 14.2 Å². The minimum absolute atomic E-state index is 0.0938. The molecule has 0 spiro atoms. The molecule has 126 valence electrons. The average molecular weight is 334 g/mol. The summed E-state index contributed by atoms with van der Waals surface area (Å²) in [7, 11) is 1.60. The molecule has 1 unspecified atom stereocenters. The highest BCUT2D eigenvalue weighted by molar-refractivity contribution is 6.07. The van der Waals surface area contributed by atoms with E-state index in [1.807, 2.05) is 49.4 Å². The van der Waals surface area contributed by atoms with Gasteiger partial charge in [-0.15, -0.1) is 0 Å². The van der Waals surface area contributed by atoms with Gasteiger partial charge in [0, 0.05) is 17.8 Å². The topological polar surface area (TPSA) is 55.6 Å². The van der Waals surface area contributed by atoms with Crippen molar-refractivity contribution in [3.63, 3.8) is 0 Å². The van der Waals surface area contributed by atoms with E-state index in [0.29, 0.717) is 17.2 Å². The van der Waals surface area contributed by atoms with Crippen LogP contribution in [-0.2, 0) is 6.42 Å². The summed E-state index contributed by atoms with van der Waals surface area (Å²) in [4.78, 5) is 14.8. The molecule has 0 saturated heterocycles. The van der Waals surface area contributed by atoms with Crippen LogP contribution in [0.15, 0.2) is 59.1 Å². The number of para-hydroxylation sites is 2. The Balaban J connectivity index is 1.68. The number of amides is 1. The number of carbonyl (C=O) groups is 1. The quantitative estimate of drug-likeness (QED) is 0.728. The third-order valence-electron chi connectivity index (χ3n) is 4.53. The smallest absolute Gasteiger partial charge is 0.280 e. The number of methoxy groups -OCH3 is 1. The average Bonchev–Trinajstić information content (AvgIpc) is 3.25. The molecule has 0 radical (unpaired) electrons. The first-order valence-corrected chi connectivity index (χ1v) is 8.20. The fourth-order valence-corrected chi connectivity index (χ4v) is 3.35. The van der Waals surface area contributed by atoms with Gasteiger partial charge in [-0.3, -0.25) is 4.79 Å². The Labute approximate surface area is 145 Å². The van der Waals surface area contributed by atoms with Crippen LogP contribution in [0.2, 0.25) is 0 Å². The zero-order chi connectivity index (χ0) is 17.4. The lowest BCUT2D eigenvalue weighted by molar-refractivity contribution is 0.0973. The van der Waals surface area contributed by atoms with Crippen LogP contribution in [0.1, 0.15) is 23.0 Å². The van der Waals surface area contributed by atoms with Crippen molar-refractivity contribution in [3.8, 4) is 17.1 Å². The number of anilines is 1. The van der Waals surface area contributed by atoms with Crippen molar-refractivity contribution in [2.24, 2.45) is 0 Å². The van der Waals surface area contributed by atoms with Crippen molar-refractivity contribution >= 4 is 11.6 Å². The molecule has 5 heteroatoms. The fraction of sp³-hybridized carbons (Fsp3) is 0.200. The maximum Gasteiger partial charge on any atom is 0.280 e. The molecule has 25 heavy (non-hydrogen) atoms. The molecule has 0 N–H and O–H groups in total. The summed E-state index contributed by atoms with van der Waals surface area (Å²) in [5.41, 5.74) is 3.19. The summed E-state index contributed by atoms with van der Waals surface area (Å²) >= 11 is 0. The first-order chi connectivity index (χ1) is 12.2. The molecular formula is C20H18N2O3. The van der Waals surface area contributed by atoms with E-state index in [1.54, 1.807) is 18.1 Å². The maximum absolute atomic E-state index is 13.0. The van der Waals surface area contributed by atoms with E-state index in [2.05, 4.69) is 11.2 Å². The fourth-order valence-electron chi connectivity index (χ4n) is 3.35. The molecule has 0 aliphatic carbocycles. The highest BCUT2D eigenvalue weighted by Gasteiger charge is 2.33. The predicted octanol–water partition coefficient (Wildman–Crippen LogP) is 3.94. The standard InChI is InChI=1S/C20H18N2O3/c1-13-11-14-7-3-5-9-17(14)22(13)20(23)16-12-19(25-21-16)15-8-4-6-10-18(15)24-2/h3-10,12-13H,11H2,1-2H3. The number of hydrogen-bond donors (Lipinski definition) is 0. The highest BCUT2D eigenvalue weighted by Crippen LogP contribution is 2.34. The lowest BCUT2D eigenvalue weighted by atomic mass is 10.1. The first-order valence-electron chi connectivity index (χ1n) is 8.20. The van der Waals surface area contributed by atoms with Crippen LogP contribution < -0.4 is 9.64 Å². The molecule has 1 aliphatic rings. The number of hydrogen-bond acceptors (Lipinski definition) is 4. The van der Waals surface area contributed by atoms with Crippen molar-refractivity contribution in [2.45, 2.75) is 19.4 Å². The first kappa shape index (κ1) is 15.4. The number of benzene rings is 2. The monoisotopic (exact) mass is 334 g/mol. The zero-order valence-corrected chi connectivity index (χ0v) is 14.1. The Morgan fingerprint density at radius 2 is 1.96 bits per heavy atom. The van der Waals surface area contributed by atoms with Crippen molar-refractivity contribution in [3.05, 3.63) is 65.9 Å². The summed E-state index contributed by atoms with van der Waals surface area (Å²) in [6, 6.07) is 17.2. The minimum atomic E-state index is -0.151. The number of aromatic nitrogens is 1. The Morgan fingerprint density at radius 1 is 1.20 bits per heavy atom. The van der Waals surface area contributed by atoms with Crippen LogP contribution >= 0.6 is 0 Å². The summed E-state index contributed by atoms with van der Waals surface area (Å²) in [6.07, 6.45) is 0.846. The number of fused-ring (bicyclic) bond motifs is 1. The second kappa shape index (κ2) is 6.09. The van der Waals surface area contributed by atoms with Crippen LogP contribution in [0.25, 0.3) is 11.3 Å². The van der Waals surface area contributed by atoms with Gasteiger partial charge in [-0.25, -0.2) is 0 Å². The lowest BCUT2D eigenvalue weighted by Gasteiger charge is -2.21. The van der Waals surface area contributed by atoms with Crippen molar-refractivity contribution in [1.29, 1.82) is 0 Å². The maximum atomic E-state index is 13.0. The van der Waals surface area contributed by atoms with Gasteiger partial charge >= 0.3 is 0 Å². The van der Waals surface area contributed by atoms with Gasteiger partial charge in [-0.1, -0.05) is 35.5 Å². The Bertz CT molecular complexity index is 932. The number of carbonyl (C=O) groups excluding carboxylic acids is 1. The molecule has 1 aromatic heterocycles. The van der Waals surface area contributed by atoms with Crippen LogP contribution in [0.4, 0.5) is 5.69 Å². The largest absolute Gasteiger partial charge is 0.496 e. The number of ether oxygens (including phenoxy) is 1. The number of nitrogens with zero attached hydrogens (tertiary/aromatic N) is 2. The van der Waals surface area contributed by atoms with Crippen LogP contribution in [0.3, 0.4) is 0 Å². The predicted molar refractivity (Wildman–Crippen MR) is 94.9 cm³/mol. The lowest BCUT2D eigenvalue weighted by Crippen LogP contribution is -2.35. The molecule has 0 saturated carbocycles. The van der Waals surface area contributed by atoms with E-state index in [4.69, 9.17) is 9.26 Å². The molecule has 1 amide bonds. The van der Waals surface area contributed by atoms with Crippen molar-refractivity contribution in [1.82, 2.24) is 5.16 Å². The van der Waals surface area contributed by atoms with Gasteiger partial charge in [0.25, 0.3) is 5.91 Å². The summed E-state index contributed by atoms with van der Waals surface area (Å²) in [6.45, 7) is 2.04. The molecule has 2 heterocycles. The Hall–Kier alpha value is -3.08. The van der Waals surface area contributed by atoms with Gasteiger partial charge in [-0.2, -0.15) is 0 Å². The summed E-state index contributed by atoms with van der Waals surface area (Å²) < 4.78 is 10.8. The molecule has 5 nitrogen and oxygen atoms in total. The zero-order valence-electron chi connectivity index (χ0n) is 14.1. The van der Waals surface area contributed by atoms with Gasteiger partial charge in [0.15, 0.2) is 11.5 Å². The van der Waals surface area contributed by atoms with Crippen LogP contribution in [0, 0.1) is 0 Å². The third kappa shape index (κ3) is 2.58. The molecule has 0 bridgehead atoms. The van der Waals surface area contributed by atoms with E-state index >= 15 is 0 Å². The Kier molecular flexibility index (Phi) is 3.76. The van der Waals surface area contributed by atoms with Gasteiger partial charge in [-0.05, 0) is 37.1 Å². The van der Waals surface area contributed by atoms with E-state index in [-0.39, 0.29) is 11.9 Å². The van der Waals surface area contributed by atoms with Gasteiger partial charge in [0.2, 0.25) is 0 Å².